The van der Waals surface area contributed by atoms with E-state index in [1.165, 1.54) is 12.7 Å². The molecule has 0 bridgehead atoms. The lowest BCUT2D eigenvalue weighted by Gasteiger charge is -1.92. The highest BCUT2D eigenvalue weighted by Crippen LogP contribution is 1.99. The van der Waals surface area contributed by atoms with Crippen molar-refractivity contribution in [3.63, 3.8) is 0 Å². The summed E-state index contributed by atoms with van der Waals surface area (Å²) in [5.41, 5.74) is 2.18. The Hall–Kier alpha value is -1.31. The van der Waals surface area contributed by atoms with Crippen LogP contribution in [0.2, 0.25) is 0 Å². The van der Waals surface area contributed by atoms with Crippen molar-refractivity contribution < 1.29 is 4.84 Å². The number of benzene rings is 1. The fourth-order valence-electron chi connectivity index (χ4n) is 0.804. The van der Waals surface area contributed by atoms with E-state index in [-0.39, 0.29) is 0 Å². The molecule has 0 aromatic heterocycles. The predicted molar refractivity (Wildman–Crippen MR) is 44.6 cm³/mol. The van der Waals surface area contributed by atoms with Gasteiger partial charge < -0.3 is 4.84 Å². The lowest BCUT2D eigenvalue weighted by molar-refractivity contribution is 0.215. The first-order valence-electron chi connectivity index (χ1n) is 3.37. The maximum Gasteiger partial charge on any atom is 0.106 e. The highest BCUT2D eigenvalue weighted by Gasteiger charge is 1.86. The smallest absolute Gasteiger partial charge is 0.106 e. The molecule has 0 aliphatic carbocycles. The van der Waals surface area contributed by atoms with Crippen molar-refractivity contribution in [3.05, 3.63) is 35.4 Å². The van der Waals surface area contributed by atoms with E-state index in [1.807, 2.05) is 25.1 Å². The summed E-state index contributed by atoms with van der Waals surface area (Å²) in [5, 5.41) is 3.64. The van der Waals surface area contributed by atoms with E-state index in [9.17, 15) is 0 Å². The molecule has 1 radical (unpaired) electrons. The van der Waals surface area contributed by atoms with Gasteiger partial charge in [-0.15, -0.1) is 0 Å². The highest BCUT2D eigenvalue weighted by atomic mass is 16.6. The van der Waals surface area contributed by atoms with Gasteiger partial charge in [0.25, 0.3) is 0 Å². The normalized spacial score (nSPS) is 10.4. The van der Waals surface area contributed by atoms with Gasteiger partial charge in [-0.25, -0.2) is 0 Å². The van der Waals surface area contributed by atoms with Gasteiger partial charge in [0.15, 0.2) is 0 Å². The second-order valence-corrected chi connectivity index (χ2v) is 2.26. The molecule has 0 aliphatic rings. The van der Waals surface area contributed by atoms with Crippen LogP contribution in [0.25, 0.3) is 0 Å². The van der Waals surface area contributed by atoms with Crippen molar-refractivity contribution in [3.8, 4) is 0 Å². The Bertz CT molecular complexity index is 255. The summed E-state index contributed by atoms with van der Waals surface area (Å²) in [6.45, 7) is 2.01. The minimum atomic E-state index is 1.01. The van der Waals surface area contributed by atoms with Gasteiger partial charge in [-0.05, 0) is 30.2 Å². The Morgan fingerprint density at radius 3 is 3.00 bits per heavy atom. The van der Waals surface area contributed by atoms with Gasteiger partial charge in [-0.2, -0.15) is 0 Å². The Balaban J connectivity index is 2.79. The average molecular weight is 148 g/mol. The zero-order valence-corrected chi connectivity index (χ0v) is 6.66. The predicted octanol–water partition coefficient (Wildman–Crippen LogP) is 1.78. The van der Waals surface area contributed by atoms with Gasteiger partial charge in [0, 0.05) is 0 Å². The van der Waals surface area contributed by atoms with Crippen LogP contribution in [-0.2, 0) is 4.84 Å². The molecule has 0 saturated carbocycles. The lowest BCUT2D eigenvalue weighted by atomic mass is 10.2. The third-order valence-electron chi connectivity index (χ3n) is 1.26. The van der Waals surface area contributed by atoms with Crippen molar-refractivity contribution in [1.82, 2.24) is 0 Å². The number of nitrogens with zero attached hydrogens (tertiary/aromatic N) is 1. The molecule has 0 aliphatic heterocycles. The zero-order valence-electron chi connectivity index (χ0n) is 6.66. The number of hydrogen-bond acceptors (Lipinski definition) is 2. The van der Waals surface area contributed by atoms with Crippen molar-refractivity contribution >= 4 is 6.21 Å². The second kappa shape index (κ2) is 3.76. The van der Waals surface area contributed by atoms with Gasteiger partial charge in [0.1, 0.15) is 7.11 Å². The molecule has 0 saturated heterocycles. The van der Waals surface area contributed by atoms with E-state index in [2.05, 4.69) is 16.1 Å². The SMILES string of the molecule is CON=Cc1c[c]cc(C)c1. The van der Waals surface area contributed by atoms with E-state index < -0.39 is 0 Å². The molecule has 57 valence electrons. The molecule has 1 aromatic carbocycles. The molecule has 0 atom stereocenters. The number of rotatable bonds is 2. The van der Waals surface area contributed by atoms with E-state index in [4.69, 9.17) is 0 Å². The molecule has 0 amide bonds. The molecule has 11 heavy (non-hydrogen) atoms. The van der Waals surface area contributed by atoms with E-state index in [0.717, 1.165) is 5.56 Å². The van der Waals surface area contributed by atoms with E-state index in [1.54, 1.807) is 6.21 Å². The molecule has 0 heterocycles. The molecule has 0 unspecified atom stereocenters. The maximum absolute atomic E-state index is 4.54. The Kier molecular flexibility index (Phi) is 2.66. The van der Waals surface area contributed by atoms with E-state index >= 15 is 0 Å². The van der Waals surface area contributed by atoms with Crippen LogP contribution in [0.1, 0.15) is 11.1 Å². The van der Waals surface area contributed by atoms with Gasteiger partial charge in [-0.1, -0.05) is 17.3 Å². The summed E-state index contributed by atoms with van der Waals surface area (Å²) in [6, 6.07) is 8.78. The van der Waals surface area contributed by atoms with Crippen LogP contribution in [-0.4, -0.2) is 13.3 Å². The number of hydrogen-bond donors (Lipinski definition) is 0. The van der Waals surface area contributed by atoms with Crippen LogP contribution in [0.15, 0.2) is 23.4 Å². The first-order valence-corrected chi connectivity index (χ1v) is 3.37. The van der Waals surface area contributed by atoms with Crippen molar-refractivity contribution in [2.75, 3.05) is 7.11 Å². The summed E-state index contributed by atoms with van der Waals surface area (Å²) < 4.78 is 0. The fraction of sp³-hybridized carbons (Fsp3) is 0.222. The second-order valence-electron chi connectivity index (χ2n) is 2.26. The monoisotopic (exact) mass is 148 g/mol. The Morgan fingerprint density at radius 2 is 2.36 bits per heavy atom. The third kappa shape index (κ3) is 2.42. The first kappa shape index (κ1) is 7.79. The van der Waals surface area contributed by atoms with E-state index in [0.29, 0.717) is 0 Å². The van der Waals surface area contributed by atoms with Crippen molar-refractivity contribution in [1.29, 1.82) is 0 Å². The van der Waals surface area contributed by atoms with Gasteiger partial charge in [0.05, 0.1) is 6.21 Å². The van der Waals surface area contributed by atoms with Crippen molar-refractivity contribution in [2.24, 2.45) is 5.16 Å². The van der Waals surface area contributed by atoms with Crippen LogP contribution in [0, 0.1) is 13.0 Å². The molecular weight excluding hydrogens is 138 g/mol. The van der Waals surface area contributed by atoms with Crippen LogP contribution < -0.4 is 0 Å². The Morgan fingerprint density at radius 1 is 1.55 bits per heavy atom. The van der Waals surface area contributed by atoms with Gasteiger partial charge >= 0.3 is 0 Å². The van der Waals surface area contributed by atoms with Gasteiger partial charge in [0.2, 0.25) is 0 Å². The quantitative estimate of drug-likeness (QED) is 0.462. The molecule has 0 fully saturated rings. The third-order valence-corrected chi connectivity index (χ3v) is 1.26. The topological polar surface area (TPSA) is 21.6 Å². The number of aryl methyl sites for hydroxylation is 1. The fourth-order valence-corrected chi connectivity index (χ4v) is 0.804. The minimum absolute atomic E-state index is 1.01. The average Bonchev–Trinajstić information content (AvgIpc) is 2.01. The van der Waals surface area contributed by atoms with Crippen LogP contribution in [0.5, 0.6) is 0 Å². The highest BCUT2D eigenvalue weighted by molar-refractivity contribution is 5.79. The first-order chi connectivity index (χ1) is 5.33. The molecule has 0 spiro atoms. The Labute approximate surface area is 66.5 Å². The maximum atomic E-state index is 4.54. The summed E-state index contributed by atoms with van der Waals surface area (Å²) in [4.78, 5) is 4.54. The largest absolute Gasteiger partial charge is 0.399 e. The number of oxime groups is 1. The van der Waals surface area contributed by atoms with Gasteiger partial charge in [-0.3, -0.25) is 0 Å². The van der Waals surface area contributed by atoms with Crippen molar-refractivity contribution in [2.45, 2.75) is 6.92 Å². The summed E-state index contributed by atoms with van der Waals surface area (Å²) >= 11 is 0. The lowest BCUT2D eigenvalue weighted by Crippen LogP contribution is -1.82. The summed E-state index contributed by atoms with van der Waals surface area (Å²) in [7, 11) is 1.52. The van der Waals surface area contributed by atoms with Crippen LogP contribution >= 0.6 is 0 Å². The minimum Gasteiger partial charge on any atom is -0.399 e. The molecule has 0 N–H and O–H groups in total. The standard InChI is InChI=1S/C9H10NO/c1-8-4-3-5-9(6-8)7-10-11-2/h4-7H,1-2H3. The molecule has 1 aromatic rings. The zero-order chi connectivity index (χ0) is 8.10. The summed E-state index contributed by atoms with van der Waals surface area (Å²) in [6.07, 6.45) is 1.66. The van der Waals surface area contributed by atoms with Crippen LogP contribution in [0.3, 0.4) is 0 Å². The molecule has 1 rings (SSSR count). The molecule has 2 nitrogen and oxygen atoms in total. The molecule has 2 heteroatoms. The van der Waals surface area contributed by atoms with Crippen LogP contribution in [0.4, 0.5) is 0 Å². The summed E-state index contributed by atoms with van der Waals surface area (Å²) in [5.74, 6) is 0. The molecular formula is C9H10NO.